The third-order valence-corrected chi connectivity index (χ3v) is 14.0. The summed E-state index contributed by atoms with van der Waals surface area (Å²) in [6, 6.07) is -0.939. The molecule has 0 saturated carbocycles. The van der Waals surface area contributed by atoms with E-state index in [1.54, 1.807) is 6.08 Å². The first-order chi connectivity index (χ1) is 37.1. The van der Waals surface area contributed by atoms with Gasteiger partial charge in [-0.05, 0) is 77.0 Å². The highest BCUT2D eigenvalue weighted by molar-refractivity contribution is 5.76. The van der Waals surface area contributed by atoms with Gasteiger partial charge in [-0.3, -0.25) is 4.79 Å². The fourth-order valence-corrected chi connectivity index (χ4v) is 9.26. The van der Waals surface area contributed by atoms with E-state index in [0.717, 1.165) is 77.0 Å². The van der Waals surface area contributed by atoms with Crippen LogP contribution in [0.25, 0.3) is 0 Å². The number of carbonyl (C=O) groups is 1. The quantitative estimate of drug-likeness (QED) is 0.0205. The number of hydrogen-bond acceptors (Lipinski definition) is 13. The van der Waals surface area contributed by atoms with Crippen LogP contribution in [0.4, 0.5) is 0 Å². The average Bonchev–Trinajstić information content (AvgIpc) is 3.42. The smallest absolute Gasteiger partial charge is 0.220 e. The molecule has 2 rings (SSSR count). The molecule has 0 aromatic heterocycles. The van der Waals surface area contributed by atoms with Crippen LogP contribution in [0.3, 0.4) is 0 Å². The second-order valence-corrected chi connectivity index (χ2v) is 20.7. The molecule has 2 aliphatic heterocycles. The van der Waals surface area contributed by atoms with Crippen molar-refractivity contribution in [2.24, 2.45) is 0 Å². The molecule has 0 bridgehead atoms. The fourth-order valence-electron chi connectivity index (χ4n) is 9.26. The molecule has 2 aliphatic rings. The number of aliphatic hydroxyl groups excluding tert-OH is 8. The Labute approximate surface area is 459 Å². The van der Waals surface area contributed by atoms with Crippen molar-refractivity contribution >= 4 is 5.91 Å². The summed E-state index contributed by atoms with van der Waals surface area (Å²) in [7, 11) is 0. The van der Waals surface area contributed by atoms with Gasteiger partial charge in [0.1, 0.15) is 48.8 Å². The van der Waals surface area contributed by atoms with Crippen molar-refractivity contribution < 1.29 is 64.6 Å². The maximum atomic E-state index is 13.2. The van der Waals surface area contributed by atoms with Crippen LogP contribution in [0.5, 0.6) is 0 Å². The van der Waals surface area contributed by atoms with Crippen LogP contribution in [0.15, 0.2) is 85.1 Å². The summed E-state index contributed by atoms with van der Waals surface area (Å²) in [5.41, 5.74) is 0. The minimum atomic E-state index is -1.79. The Morgan fingerprint density at radius 2 is 0.921 bits per heavy atom. The lowest BCUT2D eigenvalue weighted by Gasteiger charge is -2.46. The Morgan fingerprint density at radius 1 is 0.487 bits per heavy atom. The van der Waals surface area contributed by atoms with E-state index in [1.807, 2.05) is 6.08 Å². The summed E-state index contributed by atoms with van der Waals surface area (Å²) >= 11 is 0. The van der Waals surface area contributed by atoms with Crippen molar-refractivity contribution in [1.82, 2.24) is 5.32 Å². The van der Waals surface area contributed by atoms with E-state index in [4.69, 9.17) is 18.9 Å². The fraction of sp³-hybridized carbons (Fsp3) is 0.758. The van der Waals surface area contributed by atoms with Gasteiger partial charge in [0, 0.05) is 6.42 Å². The number of carbonyl (C=O) groups excluding carboxylic acids is 1. The second kappa shape index (κ2) is 47.0. The number of aliphatic hydroxyl groups is 8. The zero-order valence-electron chi connectivity index (χ0n) is 47.0. The van der Waals surface area contributed by atoms with Crippen LogP contribution < -0.4 is 5.32 Å². The summed E-state index contributed by atoms with van der Waals surface area (Å²) in [5, 5.41) is 86.8. The Hall–Kier alpha value is -2.83. The summed E-state index contributed by atoms with van der Waals surface area (Å²) in [6.45, 7) is 2.57. The molecular weight excluding hydrogens is 967 g/mol. The largest absolute Gasteiger partial charge is 0.394 e. The maximum Gasteiger partial charge on any atom is 0.220 e. The molecule has 9 N–H and O–H groups in total. The standard InChI is InChI=1S/C62H107NO13/c1-3-5-7-9-11-13-15-16-17-18-19-20-21-22-23-24-25-26-27-28-29-30-31-32-33-34-36-38-40-42-44-46-54(67)63-50(51(66)45-43-41-39-37-35-14-12-10-8-6-4-2)49-73-61-59(72)57(70)60(53(48-65)75-61)76-62-58(71)56(69)55(68)52(47-64)74-62/h5,7-8,10-11,13,16-17,19-20,35,37,43,45,50-53,55-62,64-66,68-72H,3-4,6,9,12,14-15,18,21-34,36,38-42,44,46-49H2,1-2H3,(H,63,67)/b7-5-,10-8+,13-11-,17-16-,20-19-,37-35+,45-43+. The van der Waals surface area contributed by atoms with Crippen LogP contribution in [-0.4, -0.2) is 140 Å². The summed E-state index contributed by atoms with van der Waals surface area (Å²) in [5.74, 6) is -0.257. The number of hydrogen-bond donors (Lipinski definition) is 9. The first kappa shape index (κ1) is 69.3. The topological polar surface area (TPSA) is 228 Å². The first-order valence-electron chi connectivity index (χ1n) is 29.8. The maximum absolute atomic E-state index is 13.2. The van der Waals surface area contributed by atoms with Gasteiger partial charge in [0.15, 0.2) is 12.6 Å². The monoisotopic (exact) mass is 1070 g/mol. The number of unbranched alkanes of at least 4 members (excludes halogenated alkanes) is 21. The molecule has 438 valence electrons. The molecule has 0 aromatic carbocycles. The van der Waals surface area contributed by atoms with E-state index in [-0.39, 0.29) is 18.9 Å². The third-order valence-electron chi connectivity index (χ3n) is 14.0. The SMILES string of the molecule is CC/C=C\C/C=C\C/C=C\C/C=C\CCCCCCCCCCCCCCCCCCCCC(=O)NC(COC1OC(CO)C(OC2OC(CO)C(O)C(O)C2O)C(O)C1O)C(O)/C=C/CC/C=C/CC/C=C/CCC. The van der Waals surface area contributed by atoms with Gasteiger partial charge in [-0.1, -0.05) is 208 Å². The van der Waals surface area contributed by atoms with E-state index in [2.05, 4.69) is 92.1 Å². The average molecular weight is 1070 g/mol. The normalized spacial score (nSPS) is 25.5. The number of ether oxygens (including phenoxy) is 4. The van der Waals surface area contributed by atoms with Crippen molar-refractivity contribution in [3.8, 4) is 0 Å². The molecule has 0 radical (unpaired) electrons. The third kappa shape index (κ3) is 32.3. The van der Waals surface area contributed by atoms with Gasteiger partial charge < -0.3 is 65.1 Å². The molecule has 0 aliphatic carbocycles. The Balaban J connectivity index is 1.65. The minimum Gasteiger partial charge on any atom is -0.394 e. The van der Waals surface area contributed by atoms with Crippen LogP contribution in [0, 0.1) is 0 Å². The van der Waals surface area contributed by atoms with Crippen molar-refractivity contribution in [2.75, 3.05) is 19.8 Å². The lowest BCUT2D eigenvalue weighted by atomic mass is 9.97. The first-order valence-corrected chi connectivity index (χ1v) is 29.8. The number of nitrogens with one attached hydrogen (secondary N) is 1. The van der Waals surface area contributed by atoms with Crippen molar-refractivity contribution in [2.45, 2.75) is 280 Å². The van der Waals surface area contributed by atoms with Crippen LogP contribution >= 0.6 is 0 Å². The predicted molar refractivity (Wildman–Crippen MR) is 304 cm³/mol. The number of rotatable bonds is 46. The van der Waals surface area contributed by atoms with E-state index in [9.17, 15) is 45.6 Å². The molecule has 12 unspecified atom stereocenters. The zero-order valence-corrected chi connectivity index (χ0v) is 47.0. The summed E-state index contributed by atoms with van der Waals surface area (Å²) < 4.78 is 22.7. The number of allylic oxidation sites excluding steroid dienone is 13. The van der Waals surface area contributed by atoms with Gasteiger partial charge >= 0.3 is 0 Å². The molecular formula is C62H107NO13. The molecule has 1 amide bonds. The Kier molecular flexibility index (Phi) is 42.9. The second-order valence-electron chi connectivity index (χ2n) is 20.7. The van der Waals surface area contributed by atoms with Crippen molar-refractivity contribution in [3.05, 3.63) is 85.1 Å². The Bertz CT molecular complexity index is 1600. The summed E-state index contributed by atoms with van der Waals surface area (Å²) in [4.78, 5) is 13.2. The van der Waals surface area contributed by atoms with E-state index in [0.29, 0.717) is 12.8 Å². The van der Waals surface area contributed by atoms with E-state index in [1.165, 1.54) is 96.3 Å². The molecule has 2 heterocycles. The molecule has 0 spiro atoms. The van der Waals surface area contributed by atoms with Crippen molar-refractivity contribution in [3.63, 3.8) is 0 Å². The van der Waals surface area contributed by atoms with Gasteiger partial charge in [-0.2, -0.15) is 0 Å². The van der Waals surface area contributed by atoms with Crippen LogP contribution in [0.1, 0.15) is 206 Å². The van der Waals surface area contributed by atoms with Crippen LogP contribution in [-0.2, 0) is 23.7 Å². The number of amides is 1. The van der Waals surface area contributed by atoms with Gasteiger partial charge in [0.2, 0.25) is 5.91 Å². The molecule has 0 aromatic rings. The molecule has 14 heteroatoms. The highest BCUT2D eigenvalue weighted by Crippen LogP contribution is 2.30. The van der Waals surface area contributed by atoms with E-state index >= 15 is 0 Å². The molecule has 2 saturated heterocycles. The zero-order chi connectivity index (χ0) is 55.3. The Morgan fingerprint density at radius 3 is 1.43 bits per heavy atom. The van der Waals surface area contributed by atoms with E-state index < -0.39 is 86.8 Å². The molecule has 76 heavy (non-hydrogen) atoms. The van der Waals surface area contributed by atoms with Gasteiger partial charge in [-0.15, -0.1) is 0 Å². The lowest BCUT2D eigenvalue weighted by molar-refractivity contribution is -0.359. The molecule has 12 atom stereocenters. The predicted octanol–water partition coefficient (Wildman–Crippen LogP) is 10.1. The van der Waals surface area contributed by atoms with Gasteiger partial charge in [-0.25, -0.2) is 0 Å². The molecule has 2 fully saturated rings. The van der Waals surface area contributed by atoms with Crippen molar-refractivity contribution in [1.29, 1.82) is 0 Å². The highest BCUT2D eigenvalue weighted by atomic mass is 16.7. The highest BCUT2D eigenvalue weighted by Gasteiger charge is 2.51. The summed E-state index contributed by atoms with van der Waals surface area (Å²) in [6.07, 6.45) is 46.5. The minimum absolute atomic E-state index is 0.257. The molecule has 14 nitrogen and oxygen atoms in total. The van der Waals surface area contributed by atoms with Crippen LogP contribution in [0.2, 0.25) is 0 Å². The van der Waals surface area contributed by atoms with Gasteiger partial charge in [0.05, 0.1) is 32.0 Å². The van der Waals surface area contributed by atoms with Gasteiger partial charge in [0.25, 0.3) is 0 Å². The lowest BCUT2D eigenvalue weighted by Crippen LogP contribution is -2.65.